The Morgan fingerprint density at radius 3 is 2.90 bits per heavy atom. The predicted octanol–water partition coefficient (Wildman–Crippen LogP) is 1.33. The molecule has 7 heteroatoms. The molecule has 20 heavy (non-hydrogen) atoms. The van der Waals surface area contributed by atoms with Gasteiger partial charge in [0.15, 0.2) is 6.04 Å². The molecule has 1 aromatic carbocycles. The van der Waals surface area contributed by atoms with Gasteiger partial charge in [-0.15, -0.1) is 0 Å². The quantitative estimate of drug-likeness (QED) is 0.882. The molecule has 0 spiro atoms. The first-order valence-corrected chi connectivity index (χ1v) is 6.56. The highest BCUT2D eigenvalue weighted by Crippen LogP contribution is 2.15. The van der Waals surface area contributed by atoms with E-state index >= 15 is 0 Å². The maximum atomic E-state index is 12.1. The van der Waals surface area contributed by atoms with E-state index in [9.17, 15) is 9.59 Å². The molecule has 2 rings (SSSR count). The van der Waals surface area contributed by atoms with E-state index in [0.29, 0.717) is 11.6 Å². The van der Waals surface area contributed by atoms with Gasteiger partial charge in [0.1, 0.15) is 0 Å². The zero-order chi connectivity index (χ0) is 14.5. The first kappa shape index (κ1) is 14.6. The first-order chi connectivity index (χ1) is 9.59. The number of urea groups is 1. The number of rotatable bonds is 3. The van der Waals surface area contributed by atoms with Crippen molar-refractivity contribution in [1.82, 2.24) is 10.2 Å². The highest BCUT2D eigenvalue weighted by Gasteiger charge is 2.32. The monoisotopic (exact) mass is 298 g/mol. The molecule has 0 aromatic heterocycles. The molecule has 1 aliphatic heterocycles. The average molecular weight is 299 g/mol. The summed E-state index contributed by atoms with van der Waals surface area (Å²) in [6, 6.07) is 5.78. The van der Waals surface area contributed by atoms with E-state index in [1.807, 2.05) is 6.07 Å². The van der Waals surface area contributed by atoms with Gasteiger partial charge < -0.3 is 20.1 Å². The van der Waals surface area contributed by atoms with Crippen LogP contribution in [0.25, 0.3) is 0 Å². The van der Waals surface area contributed by atoms with Crippen LogP contribution in [0.15, 0.2) is 24.3 Å². The molecule has 0 radical (unpaired) electrons. The molecule has 0 saturated carbocycles. The average Bonchev–Trinajstić information content (AvgIpc) is 2.46. The summed E-state index contributed by atoms with van der Waals surface area (Å²) in [5.41, 5.74) is 0.780. The lowest BCUT2D eigenvalue weighted by atomic mass is 10.2. The molecule has 1 aromatic rings. The van der Waals surface area contributed by atoms with Crippen molar-refractivity contribution in [3.8, 4) is 0 Å². The van der Waals surface area contributed by atoms with E-state index in [-0.39, 0.29) is 19.7 Å². The van der Waals surface area contributed by atoms with Crippen LogP contribution in [0.2, 0.25) is 5.02 Å². The van der Waals surface area contributed by atoms with Gasteiger partial charge in [0.2, 0.25) is 0 Å². The molecule has 6 nitrogen and oxygen atoms in total. The second kappa shape index (κ2) is 6.58. The van der Waals surface area contributed by atoms with Crippen molar-refractivity contribution in [2.24, 2.45) is 0 Å². The van der Waals surface area contributed by atoms with Gasteiger partial charge in [0.25, 0.3) is 0 Å². The van der Waals surface area contributed by atoms with E-state index in [0.717, 1.165) is 5.56 Å². The molecule has 1 saturated heterocycles. The minimum atomic E-state index is -1.07. The van der Waals surface area contributed by atoms with E-state index in [1.165, 1.54) is 4.90 Å². The smallest absolute Gasteiger partial charge is 0.328 e. The van der Waals surface area contributed by atoms with Gasteiger partial charge in [-0.3, -0.25) is 0 Å². The Labute approximate surface area is 121 Å². The van der Waals surface area contributed by atoms with Crippen molar-refractivity contribution in [3.05, 3.63) is 34.9 Å². The number of amides is 2. The summed E-state index contributed by atoms with van der Waals surface area (Å²) in [7, 11) is 0. The van der Waals surface area contributed by atoms with Gasteiger partial charge in [-0.1, -0.05) is 29.8 Å². The van der Waals surface area contributed by atoms with Crippen molar-refractivity contribution in [1.29, 1.82) is 0 Å². The van der Waals surface area contributed by atoms with Gasteiger partial charge in [-0.25, -0.2) is 9.59 Å². The molecule has 1 fully saturated rings. The van der Waals surface area contributed by atoms with Crippen molar-refractivity contribution < 1.29 is 19.4 Å². The van der Waals surface area contributed by atoms with E-state index in [4.69, 9.17) is 21.4 Å². The Bertz CT molecular complexity index is 509. The molecule has 1 aliphatic rings. The Kier molecular flexibility index (Phi) is 4.81. The fourth-order valence-corrected chi connectivity index (χ4v) is 2.17. The van der Waals surface area contributed by atoms with Gasteiger partial charge >= 0.3 is 12.0 Å². The van der Waals surface area contributed by atoms with Crippen LogP contribution in [-0.2, 0) is 16.1 Å². The summed E-state index contributed by atoms with van der Waals surface area (Å²) in [6.45, 7) is 0.853. The minimum absolute atomic E-state index is 0.00878. The number of aliphatic carboxylic acids is 1. The van der Waals surface area contributed by atoms with Crippen LogP contribution < -0.4 is 5.32 Å². The standard InChI is InChI=1S/C13H15ClN2O4/c14-10-4-2-1-3-9(10)7-15-13(19)16-5-6-20-8-11(16)12(17)18/h1-4,11H,5-8H2,(H,15,19)(H,17,18). The third kappa shape index (κ3) is 3.40. The molecule has 1 heterocycles. The second-order valence-corrected chi connectivity index (χ2v) is 4.78. The third-order valence-electron chi connectivity index (χ3n) is 3.06. The molecule has 2 N–H and O–H groups in total. The molecule has 1 atom stereocenters. The molecule has 0 aliphatic carbocycles. The Morgan fingerprint density at radius 2 is 2.20 bits per heavy atom. The van der Waals surface area contributed by atoms with Gasteiger partial charge in [0, 0.05) is 18.1 Å². The summed E-state index contributed by atoms with van der Waals surface area (Å²) in [4.78, 5) is 24.4. The van der Waals surface area contributed by atoms with Crippen LogP contribution >= 0.6 is 11.6 Å². The molecule has 108 valence electrons. The molecular formula is C13H15ClN2O4. The van der Waals surface area contributed by atoms with E-state index in [1.54, 1.807) is 18.2 Å². The van der Waals surface area contributed by atoms with Crippen LogP contribution in [0.1, 0.15) is 5.56 Å². The summed E-state index contributed by atoms with van der Waals surface area (Å²) < 4.78 is 5.08. The van der Waals surface area contributed by atoms with Gasteiger partial charge in [0.05, 0.1) is 13.2 Å². The van der Waals surface area contributed by atoms with Crippen LogP contribution in [0, 0.1) is 0 Å². The fourth-order valence-electron chi connectivity index (χ4n) is 1.97. The number of nitrogens with zero attached hydrogens (tertiary/aromatic N) is 1. The summed E-state index contributed by atoms with van der Waals surface area (Å²) in [5.74, 6) is -1.07. The fraction of sp³-hybridized carbons (Fsp3) is 0.385. The van der Waals surface area contributed by atoms with Crippen molar-refractivity contribution in [2.75, 3.05) is 19.8 Å². The third-order valence-corrected chi connectivity index (χ3v) is 3.43. The summed E-state index contributed by atoms with van der Waals surface area (Å²) in [6.07, 6.45) is 0. The van der Waals surface area contributed by atoms with E-state index < -0.39 is 18.0 Å². The lowest BCUT2D eigenvalue weighted by Crippen LogP contribution is -2.55. The molecule has 2 amide bonds. The number of carboxylic acids is 1. The number of carbonyl (C=O) groups is 2. The largest absolute Gasteiger partial charge is 0.480 e. The highest BCUT2D eigenvalue weighted by molar-refractivity contribution is 6.31. The van der Waals surface area contributed by atoms with Gasteiger partial charge in [-0.2, -0.15) is 0 Å². The zero-order valence-electron chi connectivity index (χ0n) is 10.7. The molecule has 1 unspecified atom stereocenters. The number of halogens is 1. The number of morpholine rings is 1. The van der Waals surface area contributed by atoms with Crippen molar-refractivity contribution in [2.45, 2.75) is 12.6 Å². The Hall–Kier alpha value is -1.79. The normalized spacial score (nSPS) is 18.6. The van der Waals surface area contributed by atoms with Crippen LogP contribution in [0.4, 0.5) is 4.79 Å². The molecule has 0 bridgehead atoms. The lowest BCUT2D eigenvalue weighted by molar-refractivity contribution is -0.147. The number of hydrogen-bond donors (Lipinski definition) is 2. The van der Waals surface area contributed by atoms with E-state index in [2.05, 4.69) is 5.32 Å². The summed E-state index contributed by atoms with van der Waals surface area (Å²) in [5, 5.41) is 12.3. The van der Waals surface area contributed by atoms with Crippen LogP contribution in [-0.4, -0.2) is 47.8 Å². The van der Waals surface area contributed by atoms with Crippen LogP contribution in [0.5, 0.6) is 0 Å². The Morgan fingerprint density at radius 1 is 1.45 bits per heavy atom. The maximum absolute atomic E-state index is 12.1. The SMILES string of the molecule is O=C(O)C1COCCN1C(=O)NCc1ccccc1Cl. The number of carboxylic acid groups (broad SMARTS) is 1. The first-order valence-electron chi connectivity index (χ1n) is 6.18. The zero-order valence-corrected chi connectivity index (χ0v) is 11.5. The molecular weight excluding hydrogens is 284 g/mol. The maximum Gasteiger partial charge on any atom is 0.328 e. The predicted molar refractivity (Wildman–Crippen MR) is 72.6 cm³/mol. The Balaban J connectivity index is 1.97. The second-order valence-electron chi connectivity index (χ2n) is 4.37. The minimum Gasteiger partial charge on any atom is -0.480 e. The number of ether oxygens (including phenoxy) is 1. The van der Waals surface area contributed by atoms with Gasteiger partial charge in [-0.05, 0) is 11.6 Å². The lowest BCUT2D eigenvalue weighted by Gasteiger charge is -2.32. The van der Waals surface area contributed by atoms with Crippen molar-refractivity contribution >= 4 is 23.6 Å². The summed E-state index contributed by atoms with van der Waals surface area (Å²) >= 11 is 5.99. The van der Waals surface area contributed by atoms with Crippen molar-refractivity contribution in [3.63, 3.8) is 0 Å². The topological polar surface area (TPSA) is 78.9 Å². The highest BCUT2D eigenvalue weighted by atomic mass is 35.5. The number of hydrogen-bond acceptors (Lipinski definition) is 3. The number of benzene rings is 1. The van der Waals surface area contributed by atoms with Crippen LogP contribution in [0.3, 0.4) is 0 Å². The number of nitrogens with one attached hydrogen (secondary N) is 1. The number of carbonyl (C=O) groups excluding carboxylic acids is 1.